The Kier molecular flexibility index (Phi) is 18.1. The molecule has 2 aliphatic carbocycles. The van der Waals surface area contributed by atoms with E-state index in [9.17, 15) is 9.59 Å². The standard InChI is InChI=1S/2C20H30F2NO.2C5H5.Ti/c2*1-5-7-8-9-13-23(19(24)20(3,4)12-6-2)15-16-10-11-17(21)14-18(16)22;2*1-2-4-5-3-1;/h2*10-11H,5-9,12-13,15H2,1-4H3;2*1-3H,4H2;. The van der Waals surface area contributed by atoms with Gasteiger partial charge in [-0.2, -0.15) is 0 Å². The van der Waals surface area contributed by atoms with Crippen molar-refractivity contribution in [3.63, 3.8) is 0 Å². The zero-order valence-electron chi connectivity index (χ0n) is 37.2. The molecule has 324 valence electrons. The van der Waals surface area contributed by atoms with Crippen LogP contribution in [0.25, 0.3) is 0 Å². The van der Waals surface area contributed by atoms with Crippen LogP contribution in [0, 0.1) is 34.1 Å². The van der Waals surface area contributed by atoms with E-state index in [1.165, 1.54) is 24.3 Å². The fraction of sp³-hybridized carbons (Fsp3) is 0.560. The number of allylic oxidation sites excluding steroid dienone is 8. The molecule has 9 heteroatoms. The van der Waals surface area contributed by atoms with Gasteiger partial charge in [-0.15, -0.1) is 0 Å². The van der Waals surface area contributed by atoms with Gasteiger partial charge < -0.3 is 0 Å². The van der Waals surface area contributed by atoms with Gasteiger partial charge in [-0.1, -0.05) is 0 Å². The molecule has 0 unspecified atom stereocenters. The van der Waals surface area contributed by atoms with Gasteiger partial charge in [0.05, 0.1) is 0 Å². The van der Waals surface area contributed by atoms with Crippen LogP contribution in [0.5, 0.6) is 0 Å². The molecule has 0 fully saturated rings. The Labute approximate surface area is 356 Å². The van der Waals surface area contributed by atoms with Gasteiger partial charge in [-0.3, -0.25) is 0 Å². The quantitative estimate of drug-likeness (QED) is 0.0600. The van der Waals surface area contributed by atoms with Crippen LogP contribution < -0.4 is 7.74 Å². The molecule has 2 aromatic rings. The molecule has 0 radical (unpaired) electrons. The number of nitrogens with zero attached hydrogens (tertiary/aromatic N) is 2. The number of unbranched alkanes of at least 4 members (excludes halogenated alkanes) is 6. The number of carbonyl (C=O) groups excluding carboxylic acids is 2. The van der Waals surface area contributed by atoms with E-state index in [0.717, 1.165) is 64.2 Å². The third kappa shape index (κ3) is 11.2. The Morgan fingerprint density at radius 1 is 0.576 bits per heavy atom. The van der Waals surface area contributed by atoms with Gasteiger partial charge in [0.25, 0.3) is 0 Å². The van der Waals surface area contributed by atoms with Gasteiger partial charge in [-0.25, -0.2) is 0 Å². The molecule has 2 amide bonds. The topological polar surface area (TPSA) is 40.6 Å². The van der Waals surface area contributed by atoms with Crippen molar-refractivity contribution in [2.75, 3.05) is 13.1 Å². The first kappa shape index (κ1) is 48.4. The van der Waals surface area contributed by atoms with Crippen molar-refractivity contribution in [3.05, 3.63) is 103 Å². The van der Waals surface area contributed by atoms with E-state index in [1.807, 2.05) is 53.7 Å². The van der Waals surface area contributed by atoms with E-state index in [2.05, 4.69) is 13.8 Å². The maximum absolute atomic E-state index is 17.9. The van der Waals surface area contributed by atoms with Crippen molar-refractivity contribution in [1.82, 2.24) is 9.80 Å². The Bertz CT molecular complexity index is 1760. The Morgan fingerprint density at radius 2 is 0.966 bits per heavy atom. The molecule has 2 aliphatic rings. The second kappa shape index (κ2) is 22.0. The minimum absolute atomic E-state index is 0.0855. The zero-order chi connectivity index (χ0) is 43.4. The van der Waals surface area contributed by atoms with Gasteiger partial charge >= 0.3 is 358 Å². The molecule has 59 heavy (non-hydrogen) atoms. The Morgan fingerprint density at radius 3 is 1.29 bits per heavy atom. The number of halogens is 4. The van der Waals surface area contributed by atoms with Crippen LogP contribution in [-0.4, -0.2) is 34.7 Å². The number of rotatable bonds is 24. The van der Waals surface area contributed by atoms with Crippen molar-refractivity contribution in [2.24, 2.45) is 10.8 Å². The van der Waals surface area contributed by atoms with Crippen LogP contribution in [0.3, 0.4) is 0 Å². The average molecular weight is 855 g/mol. The molecule has 0 spiro atoms. The van der Waals surface area contributed by atoms with E-state index >= 15 is 17.6 Å². The summed E-state index contributed by atoms with van der Waals surface area (Å²) in [6.45, 7) is 16.6. The third-order valence-electron chi connectivity index (χ3n) is 12.4. The summed E-state index contributed by atoms with van der Waals surface area (Å²) in [4.78, 5) is 31.7. The van der Waals surface area contributed by atoms with Gasteiger partial charge in [0.2, 0.25) is 0 Å². The van der Waals surface area contributed by atoms with Crippen molar-refractivity contribution in [2.45, 2.75) is 158 Å². The monoisotopic (exact) mass is 854 g/mol. The molecule has 0 aliphatic heterocycles. The molecule has 0 saturated carbocycles. The van der Waals surface area contributed by atoms with Gasteiger partial charge in [0.1, 0.15) is 0 Å². The zero-order valence-corrected chi connectivity index (χ0v) is 38.8. The first-order chi connectivity index (χ1) is 28.1. The SMILES string of the molecule is CCCCCCN(Cc1ccc(F)[c]([Ti]([C]2=CC=CC2)([C]2=CC=CC2)[c]2c(F)ccc(CN(CCCCCC)C(=O)C(C)(C)CCC)c2F)c1F)C(=O)C(C)(C)CCC. The Hall–Kier alpha value is -3.23. The number of hydrogen-bond acceptors (Lipinski definition) is 2. The van der Waals surface area contributed by atoms with Crippen molar-refractivity contribution in [3.8, 4) is 0 Å². The van der Waals surface area contributed by atoms with Crippen LogP contribution in [0.15, 0.2) is 68.5 Å². The van der Waals surface area contributed by atoms with E-state index in [4.69, 9.17) is 0 Å². The second-order valence-corrected chi connectivity index (χ2v) is 23.9. The third-order valence-corrected chi connectivity index (χ3v) is 20.3. The van der Waals surface area contributed by atoms with Crippen LogP contribution in [0.1, 0.15) is 156 Å². The molecule has 0 atom stereocenters. The van der Waals surface area contributed by atoms with Gasteiger partial charge in [0, 0.05) is 0 Å². The molecule has 0 saturated heterocycles. The minimum atomic E-state index is -5.18. The second-order valence-electron chi connectivity index (χ2n) is 18.0. The summed E-state index contributed by atoms with van der Waals surface area (Å²) in [5.41, 5.74) is -1.12. The van der Waals surface area contributed by atoms with Crippen LogP contribution in [-0.2, 0) is 39.3 Å². The molecule has 0 aromatic heterocycles. The summed E-state index contributed by atoms with van der Waals surface area (Å²) in [6.07, 6.45) is 21.8. The first-order valence-electron chi connectivity index (χ1n) is 22.4. The Balaban J connectivity index is 1.97. The number of carbonyl (C=O) groups is 2. The summed E-state index contributed by atoms with van der Waals surface area (Å²) < 4.78 is 70.5. The van der Waals surface area contributed by atoms with Crippen molar-refractivity contribution in [1.29, 1.82) is 0 Å². The molecule has 2 aromatic carbocycles. The van der Waals surface area contributed by atoms with Crippen molar-refractivity contribution < 1.29 is 43.7 Å². The predicted molar refractivity (Wildman–Crippen MR) is 232 cm³/mol. The van der Waals surface area contributed by atoms with Gasteiger partial charge in [0.15, 0.2) is 0 Å². The summed E-state index contributed by atoms with van der Waals surface area (Å²) >= 11 is -5.18. The summed E-state index contributed by atoms with van der Waals surface area (Å²) in [7, 11) is 0. The molecular formula is C50H70F4N2O2Ti. The molecule has 4 rings (SSSR count). The predicted octanol–water partition coefficient (Wildman–Crippen LogP) is 12.5. The summed E-state index contributed by atoms with van der Waals surface area (Å²) in [6, 6.07) is 5.24. The number of benzene rings is 2. The maximum atomic E-state index is 17.9. The van der Waals surface area contributed by atoms with Crippen molar-refractivity contribution >= 4 is 19.6 Å². The number of hydrogen-bond donors (Lipinski definition) is 0. The molecule has 0 heterocycles. The van der Waals surface area contributed by atoms with Crippen LogP contribution >= 0.6 is 0 Å². The first-order valence-corrected chi connectivity index (χ1v) is 25.5. The van der Waals surface area contributed by atoms with E-state index in [1.54, 1.807) is 34.1 Å². The normalized spacial score (nSPS) is 14.2. The van der Waals surface area contributed by atoms with Crippen LogP contribution in [0.4, 0.5) is 17.6 Å². The molecular weight excluding hydrogens is 784 g/mol. The molecule has 0 N–H and O–H groups in total. The van der Waals surface area contributed by atoms with E-state index < -0.39 is 50.7 Å². The van der Waals surface area contributed by atoms with E-state index in [0.29, 0.717) is 46.5 Å². The molecule has 0 bridgehead atoms. The van der Waals surface area contributed by atoms with Crippen LogP contribution in [0.2, 0.25) is 0 Å². The molecule has 4 nitrogen and oxygen atoms in total. The van der Waals surface area contributed by atoms with Gasteiger partial charge in [-0.05, 0) is 0 Å². The number of amides is 2. The fourth-order valence-corrected chi connectivity index (χ4v) is 17.6. The summed E-state index contributed by atoms with van der Waals surface area (Å²) in [5.74, 6) is -3.58. The fourth-order valence-electron chi connectivity index (χ4n) is 9.24. The summed E-state index contributed by atoms with van der Waals surface area (Å²) in [5, 5.41) is 0. The average Bonchev–Trinajstić information content (AvgIpc) is 3.94. The van der Waals surface area contributed by atoms with E-state index in [-0.39, 0.29) is 43.8 Å².